The number of hydrogen-bond acceptors (Lipinski definition) is 7. The monoisotopic (exact) mass is 448 g/mol. The summed E-state index contributed by atoms with van der Waals surface area (Å²) in [6.07, 6.45) is 1.44. The van der Waals surface area contributed by atoms with Crippen LogP contribution in [0.25, 0.3) is 0 Å². The molecule has 30 heavy (non-hydrogen) atoms. The number of amides is 1. The second kappa shape index (κ2) is 11.0. The Kier molecular flexibility index (Phi) is 8.06. The van der Waals surface area contributed by atoms with Gasteiger partial charge in [-0.2, -0.15) is 5.10 Å². The van der Waals surface area contributed by atoms with Crippen LogP contribution in [0, 0.1) is 10.1 Å². The van der Waals surface area contributed by atoms with Crippen molar-refractivity contribution >= 4 is 46.9 Å². The lowest BCUT2D eigenvalue weighted by molar-refractivity contribution is -0.384. The molecule has 0 atom stereocenters. The first-order valence-corrected chi connectivity index (χ1v) is 10.8. The molecule has 0 aromatic heterocycles. The zero-order chi connectivity index (χ0) is 21.3. The van der Waals surface area contributed by atoms with Gasteiger partial charge < -0.3 is 9.64 Å². The molecular formula is C20H21ClN4O4S. The number of rotatable bonds is 8. The van der Waals surface area contributed by atoms with Gasteiger partial charge >= 0.3 is 0 Å². The second-order valence-electron chi connectivity index (χ2n) is 6.51. The number of hydrazone groups is 1. The second-order valence-corrected chi connectivity index (χ2v) is 7.93. The molecule has 8 nitrogen and oxygen atoms in total. The number of nitro groups is 1. The van der Waals surface area contributed by atoms with Gasteiger partial charge in [-0.1, -0.05) is 23.7 Å². The zero-order valence-electron chi connectivity index (χ0n) is 16.1. The minimum absolute atomic E-state index is 0.0293. The Bertz CT molecular complexity index is 918. The van der Waals surface area contributed by atoms with Crippen LogP contribution in [0.3, 0.4) is 0 Å². The van der Waals surface area contributed by atoms with Gasteiger partial charge in [0.15, 0.2) is 0 Å². The SMILES string of the molecule is O=C(CSCc1ccc(Cl)cc1)N/N=C\c1cc([N+](=O)[O-])ccc1N1CCOCC1. The Morgan fingerprint density at radius 2 is 2.00 bits per heavy atom. The van der Waals surface area contributed by atoms with E-state index in [1.54, 1.807) is 6.07 Å². The van der Waals surface area contributed by atoms with Gasteiger partial charge in [-0.25, -0.2) is 5.43 Å². The highest BCUT2D eigenvalue weighted by atomic mass is 35.5. The summed E-state index contributed by atoms with van der Waals surface area (Å²) in [6, 6.07) is 12.1. The molecule has 2 aromatic carbocycles. The van der Waals surface area contributed by atoms with Crippen LogP contribution in [0.1, 0.15) is 11.1 Å². The van der Waals surface area contributed by atoms with Crippen LogP contribution in [0.4, 0.5) is 11.4 Å². The largest absolute Gasteiger partial charge is 0.378 e. The molecule has 3 rings (SSSR count). The lowest BCUT2D eigenvalue weighted by Gasteiger charge is -2.29. The molecule has 1 heterocycles. The summed E-state index contributed by atoms with van der Waals surface area (Å²) in [5.74, 6) is 0.676. The van der Waals surface area contributed by atoms with Crippen LogP contribution in [-0.2, 0) is 15.3 Å². The van der Waals surface area contributed by atoms with Crippen LogP contribution in [0.5, 0.6) is 0 Å². The molecule has 1 fully saturated rings. The third-order valence-corrected chi connectivity index (χ3v) is 5.64. The quantitative estimate of drug-likeness (QED) is 0.377. The van der Waals surface area contributed by atoms with Crippen LogP contribution in [-0.4, -0.2) is 49.1 Å². The number of anilines is 1. The van der Waals surface area contributed by atoms with Crippen LogP contribution in [0.2, 0.25) is 5.02 Å². The van der Waals surface area contributed by atoms with Gasteiger partial charge in [-0.15, -0.1) is 11.8 Å². The Morgan fingerprint density at radius 3 is 2.70 bits per heavy atom. The van der Waals surface area contributed by atoms with Gasteiger partial charge in [0.2, 0.25) is 5.91 Å². The first-order chi connectivity index (χ1) is 14.5. The highest BCUT2D eigenvalue weighted by Gasteiger charge is 2.17. The van der Waals surface area contributed by atoms with Crippen molar-refractivity contribution < 1.29 is 14.5 Å². The summed E-state index contributed by atoms with van der Waals surface area (Å²) in [6.45, 7) is 2.56. The summed E-state index contributed by atoms with van der Waals surface area (Å²) < 4.78 is 5.36. The molecule has 10 heteroatoms. The molecule has 1 amide bonds. The van der Waals surface area contributed by atoms with Crippen LogP contribution < -0.4 is 10.3 Å². The van der Waals surface area contributed by atoms with Crippen LogP contribution in [0.15, 0.2) is 47.6 Å². The van der Waals surface area contributed by atoms with Crippen molar-refractivity contribution in [3.8, 4) is 0 Å². The van der Waals surface area contributed by atoms with Gasteiger partial charge in [-0.05, 0) is 23.8 Å². The van der Waals surface area contributed by atoms with E-state index < -0.39 is 4.92 Å². The number of benzene rings is 2. The van der Waals surface area contributed by atoms with Gasteiger partial charge in [-0.3, -0.25) is 14.9 Å². The molecule has 0 unspecified atom stereocenters. The number of nitrogens with zero attached hydrogens (tertiary/aromatic N) is 3. The highest BCUT2D eigenvalue weighted by Crippen LogP contribution is 2.25. The fourth-order valence-electron chi connectivity index (χ4n) is 2.90. The molecule has 0 spiro atoms. The number of carbonyl (C=O) groups is 1. The lowest BCUT2D eigenvalue weighted by Crippen LogP contribution is -2.36. The molecule has 0 bridgehead atoms. The normalized spacial score (nSPS) is 14.1. The van der Waals surface area contributed by atoms with Crippen molar-refractivity contribution in [2.75, 3.05) is 37.0 Å². The van der Waals surface area contributed by atoms with E-state index in [1.807, 2.05) is 24.3 Å². The molecule has 1 saturated heterocycles. The van der Waals surface area contributed by atoms with Crippen LogP contribution >= 0.6 is 23.4 Å². The molecule has 1 N–H and O–H groups in total. The summed E-state index contributed by atoms with van der Waals surface area (Å²) in [4.78, 5) is 24.8. The fraction of sp³-hybridized carbons (Fsp3) is 0.300. The predicted molar refractivity (Wildman–Crippen MR) is 119 cm³/mol. The van der Waals surface area contributed by atoms with Crippen molar-refractivity contribution in [2.24, 2.45) is 5.10 Å². The summed E-state index contributed by atoms with van der Waals surface area (Å²) in [5.41, 5.74) is 4.92. The number of carbonyl (C=O) groups excluding carboxylic acids is 1. The Morgan fingerprint density at radius 1 is 1.27 bits per heavy atom. The van der Waals surface area contributed by atoms with E-state index in [0.717, 1.165) is 11.3 Å². The standard InChI is InChI=1S/C20H21ClN4O4S/c21-17-3-1-15(2-4-17)13-30-14-20(26)23-22-12-16-11-18(25(27)28)5-6-19(16)24-7-9-29-10-8-24/h1-6,11-12H,7-10,13-14H2,(H,23,26)/b22-12-. The summed E-state index contributed by atoms with van der Waals surface area (Å²) in [7, 11) is 0. The van der Waals surface area contributed by atoms with E-state index in [9.17, 15) is 14.9 Å². The number of thioether (sulfide) groups is 1. The fourth-order valence-corrected chi connectivity index (χ4v) is 3.81. The smallest absolute Gasteiger partial charge is 0.270 e. The van der Waals surface area contributed by atoms with E-state index in [2.05, 4.69) is 15.4 Å². The number of hydrogen-bond donors (Lipinski definition) is 1. The number of morpholine rings is 1. The molecule has 0 aliphatic carbocycles. The van der Waals surface area contributed by atoms with E-state index >= 15 is 0 Å². The average molecular weight is 449 g/mol. The number of nitrogens with one attached hydrogen (secondary N) is 1. The molecule has 0 saturated carbocycles. The summed E-state index contributed by atoms with van der Waals surface area (Å²) >= 11 is 7.32. The highest BCUT2D eigenvalue weighted by molar-refractivity contribution is 7.99. The molecule has 2 aromatic rings. The van der Waals surface area contributed by atoms with Crippen molar-refractivity contribution in [1.82, 2.24) is 5.43 Å². The maximum Gasteiger partial charge on any atom is 0.270 e. The summed E-state index contributed by atoms with van der Waals surface area (Å²) in [5, 5.41) is 15.8. The molecule has 0 radical (unpaired) electrons. The first kappa shape index (κ1) is 22.1. The van der Waals surface area contributed by atoms with Crippen molar-refractivity contribution in [3.63, 3.8) is 0 Å². The van der Waals surface area contributed by atoms with Gasteiger partial charge in [0.25, 0.3) is 5.69 Å². The number of ether oxygens (including phenoxy) is 1. The van der Waals surface area contributed by atoms with Crippen molar-refractivity contribution in [1.29, 1.82) is 0 Å². The third-order valence-electron chi connectivity index (χ3n) is 4.38. The maximum atomic E-state index is 12.0. The van der Waals surface area contributed by atoms with Gasteiger partial charge in [0.05, 0.1) is 30.1 Å². The molecule has 1 aliphatic rings. The van der Waals surface area contributed by atoms with Gasteiger partial charge in [0.1, 0.15) is 0 Å². The van der Waals surface area contributed by atoms with Crippen molar-refractivity contribution in [2.45, 2.75) is 5.75 Å². The Hall–Kier alpha value is -2.62. The number of nitro benzene ring substituents is 1. The lowest BCUT2D eigenvalue weighted by atomic mass is 10.1. The minimum Gasteiger partial charge on any atom is -0.378 e. The average Bonchev–Trinajstić information content (AvgIpc) is 2.75. The number of halogens is 1. The van der Waals surface area contributed by atoms with Crippen molar-refractivity contribution in [3.05, 3.63) is 68.7 Å². The first-order valence-electron chi connectivity index (χ1n) is 9.28. The molecule has 1 aliphatic heterocycles. The van der Waals surface area contributed by atoms with E-state index in [0.29, 0.717) is 42.6 Å². The maximum absolute atomic E-state index is 12.0. The topological polar surface area (TPSA) is 97.1 Å². The Labute approximate surface area is 183 Å². The van der Waals surface area contributed by atoms with E-state index in [1.165, 1.54) is 30.1 Å². The van der Waals surface area contributed by atoms with Gasteiger partial charge in [0, 0.05) is 47.2 Å². The predicted octanol–water partition coefficient (Wildman–Crippen LogP) is 3.47. The zero-order valence-corrected chi connectivity index (χ0v) is 17.7. The van der Waals surface area contributed by atoms with E-state index in [-0.39, 0.29) is 17.3 Å². The Balaban J connectivity index is 1.58. The minimum atomic E-state index is -0.452. The molecule has 158 valence electrons. The third kappa shape index (κ3) is 6.45. The van der Waals surface area contributed by atoms with E-state index in [4.69, 9.17) is 16.3 Å². The number of non-ortho nitro benzene ring substituents is 1. The molecular weight excluding hydrogens is 428 g/mol.